The van der Waals surface area contributed by atoms with E-state index in [-0.39, 0.29) is 0 Å². The lowest BCUT2D eigenvalue weighted by Gasteiger charge is -2.28. The Labute approximate surface area is 79.7 Å². The normalized spacial score (nSPS) is 13.4. The molecule has 0 amide bonds. The second kappa shape index (κ2) is 5.14. The molecule has 9 heteroatoms. The molecular weight excluding hydrogens is 212 g/mol. The van der Waals surface area contributed by atoms with Crippen LogP contribution in [0.15, 0.2) is 0 Å². The van der Waals surface area contributed by atoms with Crippen LogP contribution in [-0.2, 0) is 21.8 Å². The molecule has 13 heavy (non-hydrogen) atoms. The number of hydrogen-bond donors (Lipinski definition) is 2. The van der Waals surface area contributed by atoms with Crippen LogP contribution in [0.25, 0.3) is 0 Å². The molecule has 0 saturated heterocycles. The first-order chi connectivity index (χ1) is 5.95. The van der Waals surface area contributed by atoms with Crippen molar-refractivity contribution in [3.8, 4) is 0 Å². The molecule has 0 atom stereocenters. The van der Waals surface area contributed by atoms with E-state index >= 15 is 0 Å². The van der Waals surface area contributed by atoms with Crippen molar-refractivity contribution in [2.75, 3.05) is 28.4 Å². The Morgan fingerprint density at radius 1 is 0.692 bits per heavy atom. The zero-order chi connectivity index (χ0) is 10.5. The van der Waals surface area contributed by atoms with Gasteiger partial charge in [0.05, 0.1) is 0 Å². The van der Waals surface area contributed by atoms with E-state index < -0.39 is 17.9 Å². The molecule has 0 aliphatic rings. The molecule has 0 aliphatic heterocycles. The average molecular weight is 228 g/mol. The Morgan fingerprint density at radius 2 is 0.923 bits per heavy atom. The lowest BCUT2D eigenvalue weighted by Crippen LogP contribution is -2.67. The van der Waals surface area contributed by atoms with Gasteiger partial charge in [-0.25, -0.2) is 0 Å². The number of nitrogens with two attached hydrogens (primary N) is 2. The summed E-state index contributed by atoms with van der Waals surface area (Å²) in [7, 11) is -0.892. The lowest BCUT2D eigenvalue weighted by molar-refractivity contribution is 0.0882. The minimum atomic E-state index is -3.19. The molecule has 0 unspecified atom stereocenters. The highest BCUT2D eigenvalue weighted by Gasteiger charge is 2.48. The fourth-order valence-corrected chi connectivity index (χ4v) is 3.78. The molecule has 0 aliphatic carbocycles. The molecule has 80 valence electrons. The van der Waals surface area contributed by atoms with Gasteiger partial charge in [0.25, 0.3) is 0 Å². The summed E-state index contributed by atoms with van der Waals surface area (Å²) >= 11 is 0. The summed E-state index contributed by atoms with van der Waals surface area (Å²) in [6.45, 7) is 0. The molecule has 0 saturated carbocycles. The van der Waals surface area contributed by atoms with Crippen LogP contribution in [0.5, 0.6) is 0 Å². The van der Waals surface area contributed by atoms with Gasteiger partial charge in [0.1, 0.15) is 0 Å². The third-order valence-corrected chi connectivity index (χ3v) is 5.97. The molecule has 0 rings (SSSR count). The summed E-state index contributed by atoms with van der Waals surface area (Å²) in [6.07, 6.45) is 0. The van der Waals surface area contributed by atoms with E-state index in [0.29, 0.717) is 0 Å². The van der Waals surface area contributed by atoms with E-state index in [2.05, 4.69) is 0 Å². The molecule has 0 aromatic heterocycles. The molecule has 4 N–H and O–H groups in total. The van der Waals surface area contributed by atoms with E-state index in [4.69, 9.17) is 32.6 Å². The summed E-state index contributed by atoms with van der Waals surface area (Å²) in [4.78, 5) is 0. The first-order valence-electron chi connectivity index (χ1n) is 3.44. The van der Waals surface area contributed by atoms with Gasteiger partial charge in [-0.05, 0) is 0 Å². The van der Waals surface area contributed by atoms with Gasteiger partial charge >= 0.3 is 17.9 Å². The smallest absolute Gasteiger partial charge is 0.365 e. The van der Waals surface area contributed by atoms with Crippen molar-refractivity contribution >= 4 is 17.9 Å². The van der Waals surface area contributed by atoms with Crippen LogP contribution in [0.2, 0.25) is 0 Å². The van der Waals surface area contributed by atoms with Crippen LogP contribution in [0.4, 0.5) is 0 Å². The van der Waals surface area contributed by atoms with Gasteiger partial charge < -0.3 is 21.8 Å². The standard InChI is InChI=1S/C4H16N2O5Si2/c1-7-12(5,8-2)11-13(6,9-3)10-4/h5-6H2,1-4H3. The predicted molar refractivity (Wildman–Crippen MR) is 49.0 cm³/mol. The lowest BCUT2D eigenvalue weighted by atomic mass is 11.8. The fraction of sp³-hybridized carbons (Fsp3) is 1.00. The SMILES string of the molecule is CO[Si](N)(OC)O[Si](N)(OC)OC. The van der Waals surface area contributed by atoms with E-state index in [9.17, 15) is 0 Å². The van der Waals surface area contributed by atoms with Crippen LogP contribution in [0, 0.1) is 0 Å². The highest BCUT2D eigenvalue weighted by molar-refractivity contribution is 6.71. The average Bonchev–Trinajstić information content (AvgIpc) is 2.17. The highest BCUT2D eigenvalue weighted by Crippen LogP contribution is 2.07. The van der Waals surface area contributed by atoms with Gasteiger partial charge in [-0.2, -0.15) is 0 Å². The molecule has 0 fully saturated rings. The van der Waals surface area contributed by atoms with Crippen LogP contribution in [0.1, 0.15) is 0 Å². The highest BCUT2D eigenvalue weighted by atomic mass is 28.5. The maximum Gasteiger partial charge on any atom is 0.587 e. The van der Waals surface area contributed by atoms with Crippen LogP contribution < -0.4 is 10.8 Å². The minimum Gasteiger partial charge on any atom is -0.365 e. The van der Waals surface area contributed by atoms with Gasteiger partial charge in [-0.3, -0.25) is 10.8 Å². The minimum absolute atomic E-state index is 1.37. The zero-order valence-electron chi connectivity index (χ0n) is 8.20. The molecule has 0 spiro atoms. The Morgan fingerprint density at radius 3 is 1.08 bits per heavy atom. The van der Waals surface area contributed by atoms with Gasteiger partial charge in [-0.15, -0.1) is 0 Å². The number of rotatable bonds is 6. The van der Waals surface area contributed by atoms with E-state index in [1.54, 1.807) is 0 Å². The van der Waals surface area contributed by atoms with Gasteiger partial charge in [0.2, 0.25) is 0 Å². The van der Waals surface area contributed by atoms with Crippen molar-refractivity contribution < 1.29 is 21.8 Å². The van der Waals surface area contributed by atoms with E-state index in [1.807, 2.05) is 0 Å². The zero-order valence-corrected chi connectivity index (χ0v) is 10.2. The van der Waals surface area contributed by atoms with Gasteiger partial charge in [-0.1, -0.05) is 0 Å². The van der Waals surface area contributed by atoms with Crippen molar-refractivity contribution in [3.05, 3.63) is 0 Å². The van der Waals surface area contributed by atoms with E-state index in [1.165, 1.54) is 28.4 Å². The molecule has 0 aromatic carbocycles. The second-order valence-electron chi connectivity index (χ2n) is 2.13. The summed E-state index contributed by atoms with van der Waals surface area (Å²) in [6, 6.07) is 0. The molecule has 7 nitrogen and oxygen atoms in total. The predicted octanol–water partition coefficient (Wildman–Crippen LogP) is -1.62. The van der Waals surface area contributed by atoms with Crippen LogP contribution >= 0.6 is 0 Å². The Bertz CT molecular complexity index is 135. The van der Waals surface area contributed by atoms with Crippen molar-refractivity contribution in [1.82, 2.24) is 0 Å². The topological polar surface area (TPSA) is 98.2 Å². The third-order valence-electron chi connectivity index (χ3n) is 1.42. The molecule has 0 aromatic rings. The molecule has 0 heterocycles. The fourth-order valence-electron chi connectivity index (χ4n) is 0.532. The van der Waals surface area contributed by atoms with Crippen molar-refractivity contribution in [3.63, 3.8) is 0 Å². The van der Waals surface area contributed by atoms with Crippen molar-refractivity contribution in [2.45, 2.75) is 0 Å². The Kier molecular flexibility index (Phi) is 5.20. The summed E-state index contributed by atoms with van der Waals surface area (Å²) in [5, 5.41) is 11.2. The van der Waals surface area contributed by atoms with Crippen LogP contribution in [-0.4, -0.2) is 46.4 Å². The third kappa shape index (κ3) is 3.80. The first-order valence-corrected chi connectivity index (χ1v) is 7.04. The molecule has 0 bridgehead atoms. The summed E-state index contributed by atoms with van der Waals surface area (Å²) < 4.78 is 24.6. The number of hydrogen-bond acceptors (Lipinski definition) is 7. The molecular formula is C4H16N2O5Si2. The largest absolute Gasteiger partial charge is 0.587 e. The first kappa shape index (κ1) is 13.2. The summed E-state index contributed by atoms with van der Waals surface area (Å²) in [5.41, 5.74) is 0. The Balaban J connectivity index is 4.36. The Hall–Kier alpha value is 0.154. The second-order valence-corrected chi connectivity index (χ2v) is 6.99. The monoisotopic (exact) mass is 228 g/mol. The van der Waals surface area contributed by atoms with Gasteiger partial charge in [0.15, 0.2) is 0 Å². The van der Waals surface area contributed by atoms with Gasteiger partial charge in [0, 0.05) is 28.4 Å². The molecule has 0 radical (unpaired) electrons. The van der Waals surface area contributed by atoms with Crippen LogP contribution in [0.3, 0.4) is 0 Å². The maximum absolute atomic E-state index is 5.60. The maximum atomic E-state index is 5.60. The van der Waals surface area contributed by atoms with E-state index in [0.717, 1.165) is 0 Å². The quantitative estimate of drug-likeness (QED) is 0.527. The van der Waals surface area contributed by atoms with Crippen molar-refractivity contribution in [2.24, 2.45) is 10.8 Å². The van der Waals surface area contributed by atoms with Crippen molar-refractivity contribution in [1.29, 1.82) is 0 Å². The summed E-state index contributed by atoms with van der Waals surface area (Å²) in [5.74, 6) is 0.